The molecule has 0 aliphatic carbocycles. The van der Waals surface area contributed by atoms with Gasteiger partial charge in [0.2, 0.25) is 47.3 Å². The zero-order valence-corrected chi connectivity index (χ0v) is 45.5. The summed E-state index contributed by atoms with van der Waals surface area (Å²) in [6, 6.07) is -13.5. The minimum absolute atomic E-state index is 0.0145. The second-order valence-electron chi connectivity index (χ2n) is 18.7. The third-order valence-corrected chi connectivity index (χ3v) is 12.5. The predicted molar refractivity (Wildman–Crippen MR) is 279 cm³/mol. The number of aliphatic hydroxyl groups excluding tert-OH is 6. The number of carbonyl (C=O) groups is 11. The number of esters is 1. The molecule has 0 bridgehead atoms. The van der Waals surface area contributed by atoms with E-state index in [1.165, 1.54) is 6.92 Å². The van der Waals surface area contributed by atoms with Gasteiger partial charge in [0.05, 0.1) is 43.3 Å². The highest BCUT2D eigenvalue weighted by atomic mass is 35.5. The molecule has 1 rings (SSSR count). The summed E-state index contributed by atoms with van der Waals surface area (Å²) in [6.07, 6.45) is -2.87. The van der Waals surface area contributed by atoms with Gasteiger partial charge in [0.1, 0.15) is 48.6 Å². The topological polar surface area (TPSA) is 499 Å². The van der Waals surface area contributed by atoms with Crippen LogP contribution in [0.15, 0.2) is 11.8 Å². The van der Waals surface area contributed by atoms with Crippen molar-refractivity contribution in [3.8, 4) is 0 Å². The summed E-state index contributed by atoms with van der Waals surface area (Å²) in [5.74, 6) is -15.7. The van der Waals surface area contributed by atoms with Crippen molar-refractivity contribution in [1.82, 2.24) is 47.9 Å². The second-order valence-corrected chi connectivity index (χ2v) is 19.0. The normalized spacial score (nSPS) is 24.7. The van der Waals surface area contributed by atoms with Gasteiger partial charge in [0, 0.05) is 6.61 Å². The van der Waals surface area contributed by atoms with E-state index in [4.69, 9.17) is 27.8 Å². The number of nitrogens with one attached hydrogen (secondary N) is 9. The SMILES string of the molecule is C/C=C1\NC(=O)[C@H]([C@H](C)O)NC(=O)C(CCCN)NC(=O)C(CCO)NC(=O)CNC(=O)C(CCN)NC(=O)C(NC(=O)CC(O)C(O)CCCCCCCCCC)COC(=O)C([C@H](O)CCl)NC(=O)[C@H](C(O)C(=O)O)NC1=O. The summed E-state index contributed by atoms with van der Waals surface area (Å²) >= 11 is 5.83. The van der Waals surface area contributed by atoms with Crippen LogP contribution in [0.1, 0.15) is 111 Å². The highest BCUT2D eigenvalue weighted by Crippen LogP contribution is 2.14. The number of aliphatic hydroxyl groups is 6. The maximum absolute atomic E-state index is 13.9. The van der Waals surface area contributed by atoms with E-state index in [1.807, 2.05) is 10.6 Å². The molecule has 8 unspecified atom stereocenters. The van der Waals surface area contributed by atoms with Gasteiger partial charge in [-0.1, -0.05) is 64.4 Å². The molecule has 0 aromatic heterocycles. The highest BCUT2D eigenvalue weighted by molar-refractivity contribution is 6.18. The third kappa shape index (κ3) is 26.1. The number of carboxylic acid groups (broad SMARTS) is 1. The fourth-order valence-corrected chi connectivity index (χ4v) is 7.80. The standard InChI is InChI=1S/C48H82ClN11O19/c1-4-6-7-8-9-10-11-12-15-31(63)32(64)21-34(66)54-30-24-79-48(78)37(33(65)22-49)59-46(75)38(39(68)47(76)77)60-41(70)26(5-2)55-45(74)36(25(3)62)58-43(72)27(14-13-18-50)56-42(71)29(17-20-61)53-35(67)23-52-40(69)28(16-19-51)57-44(30)73/h5,25,27-33,36-39,61-65,68H,4,6-24,50-51H2,1-3H3,(H,52,69)(H,53,67)(H,54,66)(H,55,74)(H,56,71)(H,57,73)(H,58,72)(H,59,75)(H,60,70)(H,76,77)/b26-5-/t25-,27?,28?,29?,30?,31?,32?,33+,36-,37?,38-,39?/m0/s1. The van der Waals surface area contributed by atoms with Gasteiger partial charge in [-0.3, -0.25) is 43.2 Å². The van der Waals surface area contributed by atoms with Crippen molar-refractivity contribution in [1.29, 1.82) is 0 Å². The van der Waals surface area contributed by atoms with Crippen LogP contribution in [0.2, 0.25) is 0 Å². The first kappa shape index (κ1) is 70.9. The monoisotopic (exact) mass is 1150 g/mol. The summed E-state index contributed by atoms with van der Waals surface area (Å²) < 4.78 is 5.23. The van der Waals surface area contributed by atoms with Crippen LogP contribution in [0.5, 0.6) is 0 Å². The molecule has 12 atom stereocenters. The number of ether oxygens (including phenoxy) is 1. The van der Waals surface area contributed by atoms with Crippen LogP contribution in [0.3, 0.4) is 0 Å². The molecule has 0 saturated carbocycles. The lowest BCUT2D eigenvalue weighted by Crippen LogP contribution is -2.62. The lowest BCUT2D eigenvalue weighted by molar-refractivity contribution is -0.155. The molecular formula is C48H82ClN11O19. The first-order chi connectivity index (χ1) is 37.4. The number of carboxylic acids is 1. The van der Waals surface area contributed by atoms with Crippen LogP contribution in [0.25, 0.3) is 0 Å². The molecule has 1 fully saturated rings. The molecule has 0 aromatic rings. The molecule has 0 spiro atoms. The molecule has 20 N–H and O–H groups in total. The van der Waals surface area contributed by atoms with E-state index in [0.29, 0.717) is 6.42 Å². The summed E-state index contributed by atoms with van der Waals surface area (Å²) in [4.78, 5) is 148. The number of halogens is 1. The van der Waals surface area contributed by atoms with E-state index in [0.717, 1.165) is 57.9 Å². The zero-order chi connectivity index (χ0) is 59.8. The van der Waals surface area contributed by atoms with Crippen molar-refractivity contribution >= 4 is 76.7 Å². The van der Waals surface area contributed by atoms with E-state index in [9.17, 15) is 88.5 Å². The van der Waals surface area contributed by atoms with Crippen molar-refractivity contribution in [2.75, 3.05) is 38.7 Å². The van der Waals surface area contributed by atoms with Gasteiger partial charge in [-0.05, 0) is 59.0 Å². The Labute approximate surface area is 462 Å². The summed E-state index contributed by atoms with van der Waals surface area (Å²) in [5, 5.41) is 92.4. The Balaban J connectivity index is 3.84. The lowest BCUT2D eigenvalue weighted by atomic mass is 10.0. The van der Waals surface area contributed by atoms with Crippen LogP contribution in [0, 0.1) is 0 Å². The number of aliphatic carboxylic acids is 1. The van der Waals surface area contributed by atoms with Gasteiger partial charge >= 0.3 is 11.9 Å². The number of unbranched alkanes of at least 4 members (excludes halogenated alkanes) is 7. The molecule has 31 heteroatoms. The number of alkyl halides is 1. The summed E-state index contributed by atoms with van der Waals surface area (Å²) in [5.41, 5.74) is 10.6. The van der Waals surface area contributed by atoms with Gasteiger partial charge in [0.15, 0.2) is 12.1 Å². The second kappa shape index (κ2) is 38.5. The quantitative estimate of drug-likeness (QED) is 0.0175. The van der Waals surface area contributed by atoms with Crippen molar-refractivity contribution in [2.45, 2.75) is 183 Å². The van der Waals surface area contributed by atoms with Crippen molar-refractivity contribution in [3.05, 3.63) is 11.8 Å². The molecule has 1 aliphatic rings. The lowest BCUT2D eigenvalue weighted by Gasteiger charge is -2.28. The Morgan fingerprint density at radius 3 is 1.85 bits per heavy atom. The largest absolute Gasteiger partial charge is 0.479 e. The summed E-state index contributed by atoms with van der Waals surface area (Å²) in [7, 11) is 0. The van der Waals surface area contributed by atoms with Crippen LogP contribution in [0.4, 0.5) is 0 Å². The number of carbonyl (C=O) groups excluding carboxylic acids is 10. The number of hydrogen-bond acceptors (Lipinski definition) is 20. The molecule has 79 heavy (non-hydrogen) atoms. The molecule has 1 saturated heterocycles. The van der Waals surface area contributed by atoms with Crippen molar-refractivity contribution in [3.63, 3.8) is 0 Å². The van der Waals surface area contributed by atoms with Gasteiger partial charge in [-0.15, -0.1) is 11.6 Å². The van der Waals surface area contributed by atoms with E-state index in [1.54, 1.807) is 0 Å². The fourth-order valence-electron chi connectivity index (χ4n) is 7.63. The van der Waals surface area contributed by atoms with E-state index in [2.05, 4.69) is 44.1 Å². The Hall–Kier alpha value is -6.12. The Kier molecular flexibility index (Phi) is 34.5. The van der Waals surface area contributed by atoms with Gasteiger partial charge < -0.3 is 99.8 Å². The Morgan fingerprint density at radius 2 is 1.28 bits per heavy atom. The molecule has 30 nitrogen and oxygen atoms in total. The maximum Gasteiger partial charge on any atom is 0.335 e. The van der Waals surface area contributed by atoms with Gasteiger partial charge in [-0.2, -0.15) is 0 Å². The van der Waals surface area contributed by atoms with E-state index in [-0.39, 0.29) is 38.8 Å². The first-order valence-electron chi connectivity index (χ1n) is 26.1. The van der Waals surface area contributed by atoms with Gasteiger partial charge in [-0.25, -0.2) is 9.59 Å². The molecule has 450 valence electrons. The highest BCUT2D eigenvalue weighted by Gasteiger charge is 2.40. The van der Waals surface area contributed by atoms with Gasteiger partial charge in [0.25, 0.3) is 5.91 Å². The number of allylic oxidation sites excluding steroid dienone is 1. The fraction of sp³-hybridized carbons (Fsp3) is 0.729. The predicted octanol–water partition coefficient (Wildman–Crippen LogP) is -6.39. The molecule has 0 radical (unpaired) electrons. The molecule has 9 amide bonds. The van der Waals surface area contributed by atoms with Crippen LogP contribution in [-0.2, 0) is 57.5 Å². The number of hydrogen-bond donors (Lipinski definition) is 18. The number of amides is 9. The molecular weight excluding hydrogens is 1070 g/mol. The number of rotatable bonds is 25. The smallest absolute Gasteiger partial charge is 0.335 e. The molecule has 1 heterocycles. The third-order valence-electron chi connectivity index (χ3n) is 12.2. The minimum atomic E-state index is -2.82. The molecule has 0 aromatic carbocycles. The summed E-state index contributed by atoms with van der Waals surface area (Å²) in [6.45, 7) is 1.27. The van der Waals surface area contributed by atoms with Crippen molar-refractivity contribution in [2.24, 2.45) is 11.5 Å². The van der Waals surface area contributed by atoms with Crippen molar-refractivity contribution < 1.29 is 93.2 Å². The van der Waals surface area contributed by atoms with E-state index >= 15 is 0 Å². The zero-order valence-electron chi connectivity index (χ0n) is 44.7. The number of cyclic esters (lactones) is 1. The average molecular weight is 1150 g/mol. The van der Waals surface area contributed by atoms with E-state index < -0.39 is 182 Å². The Morgan fingerprint density at radius 1 is 0.696 bits per heavy atom. The average Bonchev–Trinajstić information content (AvgIpc) is 3.41. The molecule has 1 aliphatic heterocycles. The first-order valence-corrected chi connectivity index (χ1v) is 26.7. The van der Waals surface area contributed by atoms with Crippen LogP contribution < -0.4 is 59.3 Å². The number of nitrogens with two attached hydrogens (primary N) is 2. The van der Waals surface area contributed by atoms with Crippen LogP contribution >= 0.6 is 11.6 Å². The minimum Gasteiger partial charge on any atom is -0.479 e. The maximum atomic E-state index is 13.9. The van der Waals surface area contributed by atoms with Crippen LogP contribution in [-0.4, -0.2) is 212 Å². The Bertz CT molecular complexity index is 2060.